The van der Waals surface area contributed by atoms with E-state index in [4.69, 9.17) is 5.73 Å². The number of aromatic nitrogens is 3. The summed E-state index contributed by atoms with van der Waals surface area (Å²) in [7, 11) is 0. The minimum absolute atomic E-state index is 0.0813. The van der Waals surface area contributed by atoms with E-state index in [9.17, 15) is 8.78 Å². The first-order valence-corrected chi connectivity index (χ1v) is 7.24. The zero-order chi connectivity index (χ0) is 15.0. The van der Waals surface area contributed by atoms with E-state index in [0.717, 1.165) is 37.6 Å². The molecule has 0 bridgehead atoms. The Labute approximate surface area is 122 Å². The molecule has 0 atom stereocenters. The van der Waals surface area contributed by atoms with E-state index >= 15 is 0 Å². The molecule has 0 spiro atoms. The first kappa shape index (κ1) is 14.0. The lowest BCUT2D eigenvalue weighted by Gasteiger charge is -2.25. The quantitative estimate of drug-likeness (QED) is 0.860. The molecule has 1 aliphatic rings. The van der Waals surface area contributed by atoms with Crippen molar-refractivity contribution < 1.29 is 8.78 Å². The van der Waals surface area contributed by atoms with Gasteiger partial charge in [-0.2, -0.15) is 0 Å². The highest BCUT2D eigenvalue weighted by atomic mass is 19.1. The van der Waals surface area contributed by atoms with Crippen molar-refractivity contribution in [1.29, 1.82) is 0 Å². The number of nitrogens with zero attached hydrogens (tertiary/aromatic N) is 3. The molecular weight excluding hydrogens is 274 g/mol. The third-order valence-electron chi connectivity index (χ3n) is 4.13. The summed E-state index contributed by atoms with van der Waals surface area (Å²) in [5.41, 5.74) is 5.69. The van der Waals surface area contributed by atoms with Gasteiger partial charge < -0.3 is 10.3 Å². The minimum Gasteiger partial charge on any atom is -0.396 e. The first-order valence-electron chi connectivity index (χ1n) is 7.24. The lowest BCUT2D eigenvalue weighted by Crippen LogP contribution is -2.15. The first-order chi connectivity index (χ1) is 10.1. The molecule has 21 heavy (non-hydrogen) atoms. The molecule has 0 aliphatic heterocycles. The molecule has 0 saturated heterocycles. The Hall–Kier alpha value is -1.98. The molecule has 112 valence electrons. The summed E-state index contributed by atoms with van der Waals surface area (Å²) in [5, 5.41) is 8.16. The summed E-state index contributed by atoms with van der Waals surface area (Å²) in [6, 6.07) is 2.38. The van der Waals surface area contributed by atoms with Gasteiger partial charge in [0.2, 0.25) is 0 Å². The van der Waals surface area contributed by atoms with Crippen LogP contribution in [-0.2, 0) is 0 Å². The van der Waals surface area contributed by atoms with Crippen LogP contribution in [0.25, 0.3) is 11.4 Å². The van der Waals surface area contributed by atoms with Crippen LogP contribution < -0.4 is 5.73 Å². The predicted molar refractivity (Wildman–Crippen MR) is 76.6 cm³/mol. The van der Waals surface area contributed by atoms with E-state index in [-0.39, 0.29) is 17.3 Å². The van der Waals surface area contributed by atoms with Gasteiger partial charge >= 0.3 is 0 Å². The fourth-order valence-corrected chi connectivity index (χ4v) is 3.07. The van der Waals surface area contributed by atoms with Gasteiger partial charge in [-0.05, 0) is 25.8 Å². The molecule has 1 fully saturated rings. The molecule has 3 rings (SSSR count). The molecule has 0 radical (unpaired) electrons. The van der Waals surface area contributed by atoms with E-state index < -0.39 is 11.6 Å². The summed E-state index contributed by atoms with van der Waals surface area (Å²) in [6.45, 7) is 1.86. The Morgan fingerprint density at radius 3 is 2.52 bits per heavy atom. The number of benzene rings is 1. The van der Waals surface area contributed by atoms with E-state index in [1.165, 1.54) is 12.5 Å². The molecule has 1 aromatic heterocycles. The average molecular weight is 292 g/mol. The Morgan fingerprint density at radius 1 is 1.10 bits per heavy atom. The van der Waals surface area contributed by atoms with E-state index in [1.54, 1.807) is 0 Å². The summed E-state index contributed by atoms with van der Waals surface area (Å²) in [5.74, 6) is -0.231. The minimum atomic E-state index is -0.753. The normalized spacial score (nSPS) is 16.3. The summed E-state index contributed by atoms with van der Waals surface area (Å²) >= 11 is 0. The molecule has 4 nitrogen and oxygen atoms in total. The highest BCUT2D eigenvalue weighted by Crippen LogP contribution is 2.34. The molecule has 2 N–H and O–H groups in total. The van der Waals surface area contributed by atoms with Crippen LogP contribution in [0.15, 0.2) is 12.1 Å². The highest BCUT2D eigenvalue weighted by molar-refractivity contribution is 5.63. The molecule has 6 heteroatoms. The van der Waals surface area contributed by atoms with Crippen molar-refractivity contribution in [2.24, 2.45) is 0 Å². The number of nitrogen functional groups attached to an aromatic ring is 1. The van der Waals surface area contributed by atoms with Gasteiger partial charge in [0.25, 0.3) is 0 Å². The van der Waals surface area contributed by atoms with Gasteiger partial charge in [0.15, 0.2) is 5.82 Å². The number of rotatable bonds is 2. The van der Waals surface area contributed by atoms with Crippen LogP contribution in [0.5, 0.6) is 0 Å². The van der Waals surface area contributed by atoms with Crippen molar-refractivity contribution in [2.45, 2.75) is 45.1 Å². The fraction of sp³-hybridized carbons (Fsp3) is 0.467. The summed E-state index contributed by atoms with van der Waals surface area (Å²) in [4.78, 5) is 0. The van der Waals surface area contributed by atoms with Crippen molar-refractivity contribution >= 4 is 5.69 Å². The molecule has 1 saturated carbocycles. The Balaban J connectivity index is 2.09. The second-order valence-corrected chi connectivity index (χ2v) is 5.59. The zero-order valence-electron chi connectivity index (χ0n) is 11.9. The molecule has 0 amide bonds. The maximum Gasteiger partial charge on any atom is 0.167 e. The van der Waals surface area contributed by atoms with Crippen molar-refractivity contribution in [1.82, 2.24) is 14.8 Å². The molecule has 2 aromatic rings. The Bertz CT molecular complexity index is 660. The van der Waals surface area contributed by atoms with Crippen LogP contribution in [0, 0.1) is 18.6 Å². The highest BCUT2D eigenvalue weighted by Gasteiger charge is 2.24. The van der Waals surface area contributed by atoms with Crippen molar-refractivity contribution in [3.63, 3.8) is 0 Å². The van der Waals surface area contributed by atoms with Crippen LogP contribution in [-0.4, -0.2) is 14.8 Å². The largest absolute Gasteiger partial charge is 0.396 e. The third-order valence-corrected chi connectivity index (χ3v) is 4.13. The molecule has 1 aliphatic carbocycles. The lowest BCUT2D eigenvalue weighted by molar-refractivity contribution is 0.350. The van der Waals surface area contributed by atoms with Gasteiger partial charge in [-0.3, -0.25) is 0 Å². The second-order valence-electron chi connectivity index (χ2n) is 5.59. The van der Waals surface area contributed by atoms with Gasteiger partial charge in [0.05, 0.1) is 11.3 Å². The van der Waals surface area contributed by atoms with Crippen molar-refractivity contribution in [3.05, 3.63) is 29.6 Å². The summed E-state index contributed by atoms with van der Waals surface area (Å²) < 4.78 is 29.4. The predicted octanol–water partition coefficient (Wildman–Crippen LogP) is 3.62. The third kappa shape index (κ3) is 2.50. The van der Waals surface area contributed by atoms with Gasteiger partial charge in [0.1, 0.15) is 17.5 Å². The number of nitrogens with two attached hydrogens (primary N) is 1. The second kappa shape index (κ2) is 5.42. The summed E-state index contributed by atoms with van der Waals surface area (Å²) in [6.07, 6.45) is 5.59. The molecule has 1 heterocycles. The standard InChI is InChI=1S/C15H18F2N4/c1-9-19-20-15(21(9)10-5-3-2-4-6-10)11-7-14(18)13(17)8-12(11)16/h7-8,10H,2-6,18H2,1H3. The van der Waals surface area contributed by atoms with Gasteiger partial charge in [-0.15, -0.1) is 10.2 Å². The Morgan fingerprint density at radius 2 is 1.81 bits per heavy atom. The van der Waals surface area contributed by atoms with Crippen LogP contribution in [0.2, 0.25) is 0 Å². The van der Waals surface area contributed by atoms with Crippen LogP contribution in [0.4, 0.5) is 14.5 Å². The number of halogens is 2. The number of aryl methyl sites for hydroxylation is 1. The smallest absolute Gasteiger partial charge is 0.167 e. The molecule has 1 aromatic carbocycles. The number of anilines is 1. The van der Waals surface area contributed by atoms with Crippen LogP contribution in [0.3, 0.4) is 0 Å². The fourth-order valence-electron chi connectivity index (χ4n) is 3.07. The maximum atomic E-state index is 14.1. The molecule has 0 unspecified atom stereocenters. The van der Waals surface area contributed by atoms with Crippen LogP contribution in [0.1, 0.15) is 44.0 Å². The lowest BCUT2D eigenvalue weighted by atomic mass is 9.95. The Kier molecular flexibility index (Phi) is 3.61. The maximum absolute atomic E-state index is 14.1. The molecular formula is C15H18F2N4. The monoisotopic (exact) mass is 292 g/mol. The number of hydrogen-bond acceptors (Lipinski definition) is 3. The van der Waals surface area contributed by atoms with E-state index in [0.29, 0.717) is 5.82 Å². The SMILES string of the molecule is Cc1nnc(-c2cc(N)c(F)cc2F)n1C1CCCCC1. The van der Waals surface area contributed by atoms with E-state index in [2.05, 4.69) is 10.2 Å². The van der Waals surface area contributed by atoms with Crippen molar-refractivity contribution in [2.75, 3.05) is 5.73 Å². The van der Waals surface area contributed by atoms with Crippen LogP contribution >= 0.6 is 0 Å². The number of hydrogen-bond donors (Lipinski definition) is 1. The van der Waals surface area contributed by atoms with Gasteiger partial charge in [0, 0.05) is 12.1 Å². The topological polar surface area (TPSA) is 56.7 Å². The van der Waals surface area contributed by atoms with E-state index in [1.807, 2.05) is 11.5 Å². The zero-order valence-corrected chi connectivity index (χ0v) is 11.9. The average Bonchev–Trinajstić information content (AvgIpc) is 2.85. The van der Waals surface area contributed by atoms with Crippen molar-refractivity contribution in [3.8, 4) is 11.4 Å². The van der Waals surface area contributed by atoms with Gasteiger partial charge in [-0.25, -0.2) is 8.78 Å². The van der Waals surface area contributed by atoms with Gasteiger partial charge in [-0.1, -0.05) is 19.3 Å².